The number of aryl methyl sites for hydroxylation is 1. The van der Waals surface area contributed by atoms with E-state index in [1.165, 1.54) is 12.8 Å². The largest absolute Gasteiger partial charge is 0.367 e. The first-order chi connectivity index (χ1) is 12.7. The second-order valence-corrected chi connectivity index (χ2v) is 7.44. The molecule has 3 aromatic rings. The van der Waals surface area contributed by atoms with Crippen LogP contribution in [0.4, 0.5) is 17.5 Å². The topological polar surface area (TPSA) is 90.6 Å². The summed E-state index contributed by atoms with van der Waals surface area (Å²) in [4.78, 5) is 9.36. The third-order valence-corrected chi connectivity index (χ3v) is 5.38. The van der Waals surface area contributed by atoms with E-state index in [0.717, 1.165) is 46.9 Å². The molecule has 5 rings (SSSR count). The minimum Gasteiger partial charge on any atom is -0.367 e. The van der Waals surface area contributed by atoms with Crippen molar-refractivity contribution in [3.63, 3.8) is 0 Å². The smallest absolute Gasteiger partial charge is 0.153 e. The van der Waals surface area contributed by atoms with Gasteiger partial charge >= 0.3 is 0 Å². The second kappa shape index (κ2) is 6.25. The number of pyridine rings is 2. The molecule has 134 valence electrons. The first-order valence-electron chi connectivity index (χ1n) is 9.30. The molecule has 3 aromatic heterocycles. The van der Waals surface area contributed by atoms with Crippen molar-refractivity contribution in [2.75, 3.05) is 10.6 Å². The van der Waals surface area contributed by atoms with Gasteiger partial charge in [-0.2, -0.15) is 5.10 Å². The van der Waals surface area contributed by atoms with Gasteiger partial charge in [0.05, 0.1) is 5.52 Å². The van der Waals surface area contributed by atoms with Crippen molar-refractivity contribution >= 4 is 28.4 Å². The van der Waals surface area contributed by atoms with Crippen LogP contribution in [-0.4, -0.2) is 38.3 Å². The fourth-order valence-electron chi connectivity index (χ4n) is 4.23. The fraction of sp³-hybridized carbons (Fsp3) is 0.421. The average molecular weight is 349 g/mol. The zero-order valence-corrected chi connectivity index (χ0v) is 14.8. The average Bonchev–Trinajstić information content (AvgIpc) is 3.19. The minimum atomic E-state index is 0.451. The van der Waals surface area contributed by atoms with E-state index in [9.17, 15) is 0 Å². The van der Waals surface area contributed by atoms with Crippen LogP contribution in [-0.2, 0) is 0 Å². The highest BCUT2D eigenvalue weighted by atomic mass is 15.2. The van der Waals surface area contributed by atoms with Crippen molar-refractivity contribution in [2.45, 2.75) is 50.7 Å². The second-order valence-electron chi connectivity index (χ2n) is 7.44. The summed E-state index contributed by atoms with van der Waals surface area (Å²) in [6.07, 6.45) is 6.70. The Bertz CT molecular complexity index is 923. The molecule has 2 aliphatic rings. The summed E-state index contributed by atoms with van der Waals surface area (Å²) in [7, 11) is 0. The van der Waals surface area contributed by atoms with Crippen LogP contribution in [0.1, 0.15) is 31.4 Å². The Balaban J connectivity index is 1.46. The Morgan fingerprint density at radius 3 is 2.73 bits per heavy atom. The van der Waals surface area contributed by atoms with Crippen molar-refractivity contribution in [3.8, 4) is 0 Å². The highest BCUT2D eigenvalue weighted by Crippen LogP contribution is 2.31. The predicted octanol–water partition coefficient (Wildman–Crippen LogP) is 3.10. The van der Waals surface area contributed by atoms with Crippen molar-refractivity contribution in [1.29, 1.82) is 0 Å². The van der Waals surface area contributed by atoms with E-state index in [4.69, 9.17) is 4.98 Å². The molecule has 7 nitrogen and oxygen atoms in total. The first kappa shape index (κ1) is 15.6. The highest BCUT2D eigenvalue weighted by molar-refractivity contribution is 5.91. The molecule has 5 heterocycles. The van der Waals surface area contributed by atoms with Gasteiger partial charge in [-0.05, 0) is 44.7 Å². The molecule has 0 aliphatic carbocycles. The monoisotopic (exact) mass is 349 g/mol. The van der Waals surface area contributed by atoms with Gasteiger partial charge in [0, 0.05) is 47.5 Å². The normalized spacial score (nSPS) is 24.7. The number of aromatic nitrogens is 4. The van der Waals surface area contributed by atoms with Crippen molar-refractivity contribution < 1.29 is 0 Å². The van der Waals surface area contributed by atoms with Crippen LogP contribution in [0.25, 0.3) is 10.9 Å². The molecule has 0 radical (unpaired) electrons. The van der Waals surface area contributed by atoms with Gasteiger partial charge in [-0.15, -0.1) is 0 Å². The van der Waals surface area contributed by atoms with Crippen LogP contribution < -0.4 is 16.0 Å². The van der Waals surface area contributed by atoms with Crippen molar-refractivity contribution in [1.82, 2.24) is 25.5 Å². The van der Waals surface area contributed by atoms with Gasteiger partial charge in [0.25, 0.3) is 0 Å². The molecule has 0 spiro atoms. The number of H-pyrrole nitrogens is 1. The molecule has 2 aliphatic heterocycles. The van der Waals surface area contributed by atoms with Crippen molar-refractivity contribution in [2.24, 2.45) is 0 Å². The van der Waals surface area contributed by atoms with Gasteiger partial charge < -0.3 is 16.0 Å². The van der Waals surface area contributed by atoms with Gasteiger partial charge in [-0.3, -0.25) is 10.1 Å². The quantitative estimate of drug-likeness (QED) is 0.579. The molecular weight excluding hydrogens is 326 g/mol. The lowest BCUT2D eigenvalue weighted by Crippen LogP contribution is -2.43. The number of aromatic amines is 1. The van der Waals surface area contributed by atoms with Crippen LogP contribution in [0.3, 0.4) is 0 Å². The van der Waals surface area contributed by atoms with E-state index >= 15 is 0 Å². The van der Waals surface area contributed by atoms with Crippen LogP contribution in [0.5, 0.6) is 0 Å². The number of piperidine rings is 1. The zero-order valence-electron chi connectivity index (χ0n) is 14.8. The Hall–Kier alpha value is -2.67. The molecule has 2 bridgehead atoms. The molecule has 0 saturated carbocycles. The maximum Gasteiger partial charge on any atom is 0.153 e. The van der Waals surface area contributed by atoms with Crippen LogP contribution >= 0.6 is 0 Å². The first-order valence-corrected chi connectivity index (χ1v) is 9.30. The number of nitrogens with zero attached hydrogens (tertiary/aromatic N) is 3. The molecule has 7 heteroatoms. The number of nitrogens with one attached hydrogen (secondary N) is 4. The van der Waals surface area contributed by atoms with Gasteiger partial charge in [0.1, 0.15) is 11.6 Å². The summed E-state index contributed by atoms with van der Waals surface area (Å²) < 4.78 is 0. The standard InChI is InChI=1S/C19H23N7/c1-11-7-18(26-25-11)23-17-10-16-15(3-2-6-20-16)19(24-17)22-14-8-12-4-5-13(9-14)21-12/h2-3,6-7,10,12-14,21H,4-5,8-9H2,1H3,(H3,22,23,24,25,26). The van der Waals surface area contributed by atoms with Crippen LogP contribution in [0, 0.1) is 6.92 Å². The molecule has 0 aromatic carbocycles. The van der Waals surface area contributed by atoms with E-state index in [1.807, 2.05) is 31.3 Å². The molecule has 2 unspecified atom stereocenters. The van der Waals surface area contributed by atoms with Gasteiger partial charge in [-0.25, -0.2) is 4.98 Å². The zero-order chi connectivity index (χ0) is 17.5. The molecule has 4 N–H and O–H groups in total. The number of anilines is 3. The van der Waals surface area contributed by atoms with Crippen LogP contribution in [0.15, 0.2) is 30.5 Å². The summed E-state index contributed by atoms with van der Waals surface area (Å²) in [6.45, 7) is 1.98. The molecule has 2 fully saturated rings. The predicted molar refractivity (Wildman–Crippen MR) is 103 cm³/mol. The fourth-order valence-corrected chi connectivity index (χ4v) is 4.23. The van der Waals surface area contributed by atoms with E-state index in [2.05, 4.69) is 37.2 Å². The third kappa shape index (κ3) is 2.99. The van der Waals surface area contributed by atoms with E-state index in [1.54, 1.807) is 0 Å². The third-order valence-electron chi connectivity index (χ3n) is 5.38. The minimum absolute atomic E-state index is 0.451. The lowest BCUT2D eigenvalue weighted by atomic mass is 9.99. The van der Waals surface area contributed by atoms with Crippen LogP contribution in [0.2, 0.25) is 0 Å². The SMILES string of the molecule is Cc1cc(Nc2cc3ncccc3c(NC3CC4CCC(C3)N4)n2)n[nH]1. The van der Waals surface area contributed by atoms with Gasteiger partial charge in [0.15, 0.2) is 5.82 Å². The summed E-state index contributed by atoms with van der Waals surface area (Å²) in [5.74, 6) is 2.41. The summed E-state index contributed by atoms with van der Waals surface area (Å²) >= 11 is 0. The number of hydrogen-bond acceptors (Lipinski definition) is 6. The Morgan fingerprint density at radius 2 is 1.96 bits per heavy atom. The van der Waals surface area contributed by atoms with E-state index < -0.39 is 0 Å². The van der Waals surface area contributed by atoms with Gasteiger partial charge in [-0.1, -0.05) is 0 Å². The van der Waals surface area contributed by atoms with E-state index in [0.29, 0.717) is 18.1 Å². The number of rotatable bonds is 4. The van der Waals surface area contributed by atoms with E-state index in [-0.39, 0.29) is 0 Å². The Kier molecular flexibility index (Phi) is 3.74. The molecular formula is C19H23N7. The molecule has 0 amide bonds. The maximum absolute atomic E-state index is 4.83. The highest BCUT2D eigenvalue weighted by Gasteiger charge is 2.33. The summed E-state index contributed by atoms with van der Waals surface area (Å²) in [5, 5.41) is 18.9. The number of fused-ring (bicyclic) bond motifs is 3. The lowest BCUT2D eigenvalue weighted by molar-refractivity contribution is 0.378. The maximum atomic E-state index is 4.83. The Labute approximate surface area is 152 Å². The molecule has 2 atom stereocenters. The summed E-state index contributed by atoms with van der Waals surface area (Å²) in [5.41, 5.74) is 1.94. The van der Waals surface area contributed by atoms with Crippen molar-refractivity contribution in [3.05, 3.63) is 36.2 Å². The lowest BCUT2D eigenvalue weighted by Gasteiger charge is -2.30. The number of hydrogen-bond donors (Lipinski definition) is 4. The Morgan fingerprint density at radius 1 is 1.12 bits per heavy atom. The summed E-state index contributed by atoms with van der Waals surface area (Å²) in [6, 6.07) is 9.71. The molecule has 26 heavy (non-hydrogen) atoms. The van der Waals surface area contributed by atoms with Gasteiger partial charge in [0.2, 0.25) is 0 Å². The molecule has 2 saturated heterocycles.